The van der Waals surface area contributed by atoms with Crippen molar-refractivity contribution >= 4 is 16.9 Å². The summed E-state index contributed by atoms with van der Waals surface area (Å²) in [7, 11) is 0. The maximum atomic E-state index is 11.9. The first-order chi connectivity index (χ1) is 16.0. The Kier molecular flexibility index (Phi) is 7.02. The van der Waals surface area contributed by atoms with Gasteiger partial charge >= 0.3 is 5.97 Å². The van der Waals surface area contributed by atoms with E-state index in [2.05, 4.69) is 22.2 Å². The highest BCUT2D eigenvalue weighted by molar-refractivity contribution is 5.89. The second-order valence-electron chi connectivity index (χ2n) is 8.06. The highest BCUT2D eigenvalue weighted by Crippen LogP contribution is 2.31. The van der Waals surface area contributed by atoms with Crippen LogP contribution in [-0.2, 0) is 11.2 Å². The van der Waals surface area contributed by atoms with Crippen LogP contribution in [0.3, 0.4) is 0 Å². The standard InChI is InChI=1S/C26H27N3O4/c1-17(28-16-22(30)19-9-6-12-27-14-19)13-20-15-29-24-21(20)10-5-11-23(24)33-25(26(31)32)18-7-3-2-4-8-18/h2-12,14-15,17,22,25,28-30H,13,16H2,1H3,(H,31,32)/t17-,22-,25-/m1/s1. The Labute approximate surface area is 192 Å². The van der Waals surface area contributed by atoms with Crippen molar-refractivity contribution in [3.8, 4) is 5.75 Å². The van der Waals surface area contributed by atoms with Crippen LogP contribution < -0.4 is 10.1 Å². The lowest BCUT2D eigenvalue weighted by Crippen LogP contribution is -2.32. The van der Waals surface area contributed by atoms with Gasteiger partial charge in [0.15, 0.2) is 0 Å². The molecule has 0 unspecified atom stereocenters. The number of hydrogen-bond donors (Lipinski definition) is 4. The molecule has 0 aliphatic carbocycles. The fourth-order valence-electron chi connectivity index (χ4n) is 3.87. The highest BCUT2D eigenvalue weighted by Gasteiger charge is 2.23. The number of fused-ring (bicyclic) bond motifs is 1. The summed E-state index contributed by atoms with van der Waals surface area (Å²) in [5, 5.41) is 24.4. The molecule has 7 nitrogen and oxygen atoms in total. The molecular weight excluding hydrogens is 418 g/mol. The van der Waals surface area contributed by atoms with Crippen molar-refractivity contribution in [1.82, 2.24) is 15.3 Å². The van der Waals surface area contributed by atoms with E-state index in [0.29, 0.717) is 17.9 Å². The Hall–Kier alpha value is -3.68. The number of H-pyrrole nitrogens is 1. The van der Waals surface area contributed by atoms with Gasteiger partial charge in [-0.15, -0.1) is 0 Å². The molecule has 0 aliphatic heterocycles. The monoisotopic (exact) mass is 445 g/mol. The van der Waals surface area contributed by atoms with Gasteiger partial charge in [-0.05, 0) is 31.0 Å². The fraction of sp³-hybridized carbons (Fsp3) is 0.231. The smallest absolute Gasteiger partial charge is 0.349 e. The van der Waals surface area contributed by atoms with Crippen LogP contribution in [0.25, 0.3) is 10.9 Å². The molecule has 33 heavy (non-hydrogen) atoms. The number of nitrogens with zero attached hydrogens (tertiary/aromatic N) is 1. The molecule has 2 aromatic carbocycles. The minimum Gasteiger partial charge on any atom is -0.478 e. The van der Waals surface area contributed by atoms with E-state index in [1.54, 1.807) is 48.8 Å². The minimum absolute atomic E-state index is 0.107. The largest absolute Gasteiger partial charge is 0.478 e. The minimum atomic E-state index is -1.10. The van der Waals surface area contributed by atoms with Crippen molar-refractivity contribution in [2.24, 2.45) is 0 Å². The molecule has 4 N–H and O–H groups in total. The fourth-order valence-corrected chi connectivity index (χ4v) is 3.87. The Morgan fingerprint density at radius 1 is 1.09 bits per heavy atom. The van der Waals surface area contributed by atoms with Crippen LogP contribution in [0, 0.1) is 0 Å². The number of carbonyl (C=O) groups is 1. The Morgan fingerprint density at radius 3 is 2.61 bits per heavy atom. The first-order valence-corrected chi connectivity index (χ1v) is 10.9. The van der Waals surface area contributed by atoms with Crippen molar-refractivity contribution < 1.29 is 19.7 Å². The zero-order chi connectivity index (χ0) is 23.2. The molecule has 3 atom stereocenters. The molecule has 0 bridgehead atoms. The molecule has 0 amide bonds. The van der Waals surface area contributed by atoms with Gasteiger partial charge in [-0.2, -0.15) is 0 Å². The summed E-state index contributed by atoms with van der Waals surface area (Å²) in [5.74, 6) is -0.558. The molecule has 0 spiro atoms. The molecule has 0 saturated carbocycles. The number of nitrogens with one attached hydrogen (secondary N) is 2. The summed E-state index contributed by atoms with van der Waals surface area (Å²) >= 11 is 0. The summed E-state index contributed by atoms with van der Waals surface area (Å²) in [4.78, 5) is 19.1. The number of pyridine rings is 1. The first-order valence-electron chi connectivity index (χ1n) is 10.9. The van der Waals surface area contributed by atoms with Gasteiger partial charge < -0.3 is 25.3 Å². The Balaban J connectivity index is 1.46. The average Bonchev–Trinajstić information content (AvgIpc) is 3.25. The number of aromatic nitrogens is 2. The van der Waals surface area contributed by atoms with E-state index in [4.69, 9.17) is 4.74 Å². The van der Waals surface area contributed by atoms with Crippen LogP contribution in [0.4, 0.5) is 0 Å². The maximum Gasteiger partial charge on any atom is 0.349 e. The molecule has 170 valence electrons. The number of rotatable bonds is 10. The van der Waals surface area contributed by atoms with Gasteiger partial charge in [0.05, 0.1) is 11.6 Å². The van der Waals surface area contributed by atoms with E-state index in [9.17, 15) is 15.0 Å². The molecule has 0 aliphatic rings. The van der Waals surface area contributed by atoms with E-state index in [-0.39, 0.29) is 6.04 Å². The zero-order valence-corrected chi connectivity index (χ0v) is 18.3. The van der Waals surface area contributed by atoms with Gasteiger partial charge in [-0.25, -0.2) is 4.79 Å². The number of aliphatic hydroxyl groups is 1. The number of benzene rings is 2. The maximum absolute atomic E-state index is 11.9. The quantitative estimate of drug-likeness (QED) is 0.294. The zero-order valence-electron chi connectivity index (χ0n) is 18.3. The van der Waals surface area contributed by atoms with Crippen molar-refractivity contribution in [3.05, 3.63) is 95.9 Å². The summed E-state index contributed by atoms with van der Waals surface area (Å²) in [6.07, 6.45) is 4.27. The van der Waals surface area contributed by atoms with Crippen molar-refractivity contribution in [1.29, 1.82) is 0 Å². The Bertz CT molecular complexity index is 1190. The van der Waals surface area contributed by atoms with E-state index >= 15 is 0 Å². The van der Waals surface area contributed by atoms with E-state index in [1.165, 1.54) is 0 Å². The van der Waals surface area contributed by atoms with E-state index in [0.717, 1.165) is 28.5 Å². The number of para-hydroxylation sites is 1. The predicted molar refractivity (Wildman–Crippen MR) is 126 cm³/mol. The van der Waals surface area contributed by atoms with Gasteiger partial charge in [-0.1, -0.05) is 48.5 Å². The number of carboxylic acid groups (broad SMARTS) is 1. The van der Waals surface area contributed by atoms with Crippen LogP contribution in [0.2, 0.25) is 0 Å². The van der Waals surface area contributed by atoms with Gasteiger partial charge in [0.1, 0.15) is 5.75 Å². The van der Waals surface area contributed by atoms with Crippen LogP contribution in [0.15, 0.2) is 79.3 Å². The summed E-state index contributed by atoms with van der Waals surface area (Å²) < 4.78 is 5.94. The van der Waals surface area contributed by atoms with E-state index < -0.39 is 18.2 Å². The lowest BCUT2D eigenvalue weighted by Gasteiger charge is -2.17. The third-order valence-electron chi connectivity index (χ3n) is 5.59. The van der Waals surface area contributed by atoms with Crippen molar-refractivity contribution in [2.75, 3.05) is 6.54 Å². The molecule has 4 rings (SSSR count). The molecular formula is C26H27N3O4. The number of carboxylic acids is 1. The number of aromatic amines is 1. The predicted octanol–water partition coefficient (Wildman–Crippen LogP) is 4.02. The lowest BCUT2D eigenvalue weighted by atomic mass is 10.0. The highest BCUT2D eigenvalue weighted by atomic mass is 16.5. The van der Waals surface area contributed by atoms with Crippen LogP contribution in [-0.4, -0.2) is 38.7 Å². The summed E-state index contributed by atoms with van der Waals surface area (Å²) in [5.41, 5.74) is 3.20. The molecule has 0 fully saturated rings. The van der Waals surface area contributed by atoms with Crippen LogP contribution in [0.5, 0.6) is 5.75 Å². The van der Waals surface area contributed by atoms with E-state index in [1.807, 2.05) is 30.5 Å². The van der Waals surface area contributed by atoms with Gasteiger partial charge in [-0.3, -0.25) is 4.98 Å². The average molecular weight is 446 g/mol. The molecule has 2 aromatic heterocycles. The van der Waals surface area contributed by atoms with Gasteiger partial charge in [0, 0.05) is 47.7 Å². The van der Waals surface area contributed by atoms with Gasteiger partial charge in [0.2, 0.25) is 6.10 Å². The normalized spacial score (nSPS) is 14.0. The molecule has 4 aromatic rings. The molecule has 7 heteroatoms. The summed E-state index contributed by atoms with van der Waals surface area (Å²) in [6.45, 7) is 2.48. The van der Waals surface area contributed by atoms with Crippen LogP contribution >= 0.6 is 0 Å². The molecule has 2 heterocycles. The Morgan fingerprint density at radius 2 is 1.88 bits per heavy atom. The number of aliphatic hydroxyl groups excluding tert-OH is 1. The number of ether oxygens (including phenoxy) is 1. The van der Waals surface area contributed by atoms with Crippen molar-refractivity contribution in [2.45, 2.75) is 31.6 Å². The van der Waals surface area contributed by atoms with Crippen molar-refractivity contribution in [3.63, 3.8) is 0 Å². The third-order valence-corrected chi connectivity index (χ3v) is 5.59. The number of aliphatic carboxylic acids is 1. The topological polar surface area (TPSA) is 107 Å². The first kappa shape index (κ1) is 22.5. The lowest BCUT2D eigenvalue weighted by molar-refractivity contribution is -0.145. The van der Waals surface area contributed by atoms with Gasteiger partial charge in [0.25, 0.3) is 0 Å². The SMILES string of the molecule is C[C@H](Cc1c[nH]c2c(O[C@@H](C(=O)O)c3ccccc3)cccc12)NC[C@@H](O)c1cccnc1. The molecule has 0 saturated heterocycles. The third kappa shape index (κ3) is 5.39. The number of hydrogen-bond acceptors (Lipinski definition) is 5. The molecule has 0 radical (unpaired) electrons. The summed E-state index contributed by atoms with van der Waals surface area (Å²) in [6, 6.07) is 18.3. The second kappa shape index (κ2) is 10.3. The second-order valence-corrected chi connectivity index (χ2v) is 8.06. The van der Waals surface area contributed by atoms with Crippen LogP contribution in [0.1, 0.15) is 35.8 Å².